The van der Waals surface area contributed by atoms with Gasteiger partial charge >= 0.3 is 6.03 Å². The Balaban J connectivity index is 1.07. The molecule has 2 fully saturated rings. The Morgan fingerprint density at radius 1 is 1.00 bits per heavy atom. The van der Waals surface area contributed by atoms with Gasteiger partial charge in [0.05, 0.1) is 25.4 Å². The number of urea groups is 1. The molecule has 37 heavy (non-hydrogen) atoms. The summed E-state index contributed by atoms with van der Waals surface area (Å²) < 4.78 is 11.2. The number of aromatic nitrogens is 3. The fourth-order valence-corrected chi connectivity index (χ4v) is 5.50. The summed E-state index contributed by atoms with van der Waals surface area (Å²) in [5, 5.41) is 2.19. The zero-order valence-electron chi connectivity index (χ0n) is 21.1. The highest BCUT2D eigenvalue weighted by Gasteiger charge is 2.30. The van der Waals surface area contributed by atoms with Crippen molar-refractivity contribution in [1.29, 1.82) is 0 Å². The molecule has 0 spiro atoms. The topological polar surface area (TPSA) is 86.8 Å². The molecule has 0 radical (unpaired) electrons. The summed E-state index contributed by atoms with van der Waals surface area (Å²) in [4.78, 5) is 32.0. The number of piperidine rings is 1. The molecule has 0 aliphatic carbocycles. The van der Waals surface area contributed by atoms with E-state index in [0.29, 0.717) is 25.6 Å². The predicted octanol–water partition coefficient (Wildman–Crippen LogP) is 4.15. The van der Waals surface area contributed by atoms with Crippen LogP contribution < -0.4 is 14.4 Å². The Labute approximate surface area is 216 Å². The number of likely N-dealkylation sites (tertiary alicyclic amines) is 1. The number of carbonyl (C=O) groups excluding carboxylic acids is 1. The van der Waals surface area contributed by atoms with Crippen LogP contribution in [0.25, 0.3) is 21.9 Å². The Morgan fingerprint density at radius 3 is 2.62 bits per heavy atom. The van der Waals surface area contributed by atoms with Crippen LogP contribution in [0.5, 0.6) is 11.5 Å². The fraction of sp³-hybridized carbons (Fsp3) is 0.393. The molecule has 2 aliphatic heterocycles. The zero-order valence-corrected chi connectivity index (χ0v) is 21.1. The molecule has 0 bridgehead atoms. The summed E-state index contributed by atoms with van der Waals surface area (Å²) in [6.07, 6.45) is 7.66. The molecule has 9 nitrogen and oxygen atoms in total. The van der Waals surface area contributed by atoms with Crippen LogP contribution in [0.2, 0.25) is 0 Å². The number of H-pyrrole nitrogens is 1. The summed E-state index contributed by atoms with van der Waals surface area (Å²) in [6.45, 7) is 5.14. The molecule has 0 saturated carbocycles. The van der Waals surface area contributed by atoms with Crippen molar-refractivity contribution in [3.05, 3.63) is 55.0 Å². The van der Waals surface area contributed by atoms with Gasteiger partial charge in [-0.2, -0.15) is 0 Å². The molecule has 3 aromatic heterocycles. The van der Waals surface area contributed by atoms with Crippen molar-refractivity contribution in [3.8, 4) is 11.5 Å². The average Bonchev–Trinajstić information content (AvgIpc) is 3.45. The number of rotatable bonds is 5. The van der Waals surface area contributed by atoms with Gasteiger partial charge in [-0.25, -0.2) is 9.78 Å². The highest BCUT2D eigenvalue weighted by Crippen LogP contribution is 2.32. The van der Waals surface area contributed by atoms with Crippen molar-refractivity contribution >= 4 is 33.7 Å². The summed E-state index contributed by atoms with van der Waals surface area (Å²) in [5.41, 5.74) is 2.91. The standard InChI is InChI=1S/C28H32N6O3/c1-36-21-4-6-22(7-5-21)37-19-20-3-2-12-34(18-20)28(35)33-15-13-32(14-16-33)25-9-11-29-24-17-31-27-23(26(24)25)8-10-30-27/h4-11,17,20H,2-3,12-16,18-19H2,1H3,(H,30,31). The molecule has 4 aromatic rings. The van der Waals surface area contributed by atoms with Crippen LogP contribution in [0.3, 0.4) is 0 Å². The predicted molar refractivity (Wildman–Crippen MR) is 143 cm³/mol. The molecule has 9 heteroatoms. The second-order valence-corrected chi connectivity index (χ2v) is 9.79. The van der Waals surface area contributed by atoms with Crippen molar-refractivity contribution in [2.45, 2.75) is 12.8 Å². The van der Waals surface area contributed by atoms with Crippen LogP contribution in [0.1, 0.15) is 12.8 Å². The molecular formula is C28H32N6O3. The SMILES string of the molecule is COc1ccc(OCC2CCCN(C(=O)N3CCN(c4ccnc5cnc6[nH]ccc6c45)CC3)C2)cc1. The number of amides is 2. The molecule has 1 unspecified atom stereocenters. The molecule has 2 saturated heterocycles. The maximum absolute atomic E-state index is 13.4. The van der Waals surface area contributed by atoms with Gasteiger partial charge in [0.2, 0.25) is 0 Å². The molecule has 1 N–H and O–H groups in total. The second kappa shape index (κ2) is 10.2. The number of benzene rings is 1. The van der Waals surface area contributed by atoms with Crippen LogP contribution in [0.4, 0.5) is 10.5 Å². The largest absolute Gasteiger partial charge is 0.497 e. The molecule has 2 aliphatic rings. The minimum atomic E-state index is 0.144. The summed E-state index contributed by atoms with van der Waals surface area (Å²) in [6, 6.07) is 11.9. The zero-order chi connectivity index (χ0) is 25.2. The molecule has 1 atom stereocenters. The molecule has 1 aromatic carbocycles. The molecule has 192 valence electrons. The van der Waals surface area contributed by atoms with Crippen LogP contribution in [0, 0.1) is 5.92 Å². The number of pyridine rings is 2. The number of aromatic amines is 1. The lowest BCUT2D eigenvalue weighted by atomic mass is 9.99. The number of nitrogens with one attached hydrogen (secondary N) is 1. The fourth-order valence-electron chi connectivity index (χ4n) is 5.50. The number of fused-ring (bicyclic) bond motifs is 3. The van der Waals surface area contributed by atoms with Crippen LogP contribution >= 0.6 is 0 Å². The van der Waals surface area contributed by atoms with Crippen molar-refractivity contribution in [3.63, 3.8) is 0 Å². The van der Waals surface area contributed by atoms with E-state index in [9.17, 15) is 4.79 Å². The van der Waals surface area contributed by atoms with Gasteiger partial charge in [-0.3, -0.25) is 4.98 Å². The van der Waals surface area contributed by atoms with E-state index >= 15 is 0 Å². The number of hydrogen-bond donors (Lipinski definition) is 1. The lowest BCUT2D eigenvalue weighted by molar-refractivity contribution is 0.110. The number of methoxy groups -OCH3 is 1. The molecular weight excluding hydrogens is 468 g/mol. The van der Waals surface area contributed by atoms with Gasteiger partial charge in [0.15, 0.2) is 0 Å². The lowest BCUT2D eigenvalue weighted by Crippen LogP contribution is -2.54. The monoisotopic (exact) mass is 500 g/mol. The first-order chi connectivity index (χ1) is 18.2. The third kappa shape index (κ3) is 4.73. The third-order valence-corrected chi connectivity index (χ3v) is 7.49. The van der Waals surface area contributed by atoms with Crippen LogP contribution in [-0.2, 0) is 0 Å². The van der Waals surface area contributed by atoms with E-state index in [1.165, 1.54) is 0 Å². The van der Waals surface area contributed by atoms with E-state index < -0.39 is 0 Å². The number of carbonyl (C=O) groups is 1. The average molecular weight is 501 g/mol. The summed E-state index contributed by atoms with van der Waals surface area (Å²) >= 11 is 0. The Hall–Kier alpha value is -4.01. The quantitative estimate of drug-likeness (QED) is 0.443. The first-order valence-corrected chi connectivity index (χ1v) is 13.0. The van der Waals surface area contributed by atoms with Gasteiger partial charge in [0.1, 0.15) is 17.1 Å². The number of anilines is 1. The maximum atomic E-state index is 13.4. The molecule has 6 rings (SSSR count). The van der Waals surface area contributed by atoms with Gasteiger partial charge in [-0.15, -0.1) is 0 Å². The minimum Gasteiger partial charge on any atom is -0.497 e. The first-order valence-electron chi connectivity index (χ1n) is 13.0. The first kappa shape index (κ1) is 23.4. The molecule has 5 heterocycles. The van der Waals surface area contributed by atoms with E-state index in [-0.39, 0.29) is 6.03 Å². The van der Waals surface area contributed by atoms with Crippen molar-refractivity contribution in [1.82, 2.24) is 24.8 Å². The minimum absolute atomic E-state index is 0.144. The number of hydrogen-bond acceptors (Lipinski definition) is 6. The van der Waals surface area contributed by atoms with Gasteiger partial charge in [0, 0.05) is 74.0 Å². The number of ether oxygens (including phenoxy) is 2. The van der Waals surface area contributed by atoms with Crippen molar-refractivity contribution in [2.24, 2.45) is 5.92 Å². The lowest BCUT2D eigenvalue weighted by Gasteiger charge is -2.41. The highest BCUT2D eigenvalue weighted by atomic mass is 16.5. The smallest absolute Gasteiger partial charge is 0.320 e. The highest BCUT2D eigenvalue weighted by molar-refractivity contribution is 6.10. The third-order valence-electron chi connectivity index (χ3n) is 7.49. The van der Waals surface area contributed by atoms with E-state index in [2.05, 4.69) is 32.0 Å². The number of piperazine rings is 1. The van der Waals surface area contributed by atoms with E-state index in [1.807, 2.05) is 52.7 Å². The van der Waals surface area contributed by atoms with Crippen LogP contribution in [0.15, 0.2) is 55.0 Å². The van der Waals surface area contributed by atoms with Crippen molar-refractivity contribution < 1.29 is 14.3 Å². The van der Waals surface area contributed by atoms with Gasteiger partial charge in [0.25, 0.3) is 0 Å². The van der Waals surface area contributed by atoms with Gasteiger partial charge < -0.3 is 29.2 Å². The Morgan fingerprint density at radius 2 is 1.81 bits per heavy atom. The van der Waals surface area contributed by atoms with Gasteiger partial charge in [-0.1, -0.05) is 0 Å². The normalized spacial score (nSPS) is 18.4. The Bertz CT molecular complexity index is 1380. The number of nitrogens with zero attached hydrogens (tertiary/aromatic N) is 5. The summed E-state index contributed by atoms with van der Waals surface area (Å²) in [7, 11) is 1.66. The van der Waals surface area contributed by atoms with E-state index in [1.54, 1.807) is 7.11 Å². The van der Waals surface area contributed by atoms with Gasteiger partial charge in [-0.05, 0) is 49.2 Å². The Kier molecular flexibility index (Phi) is 6.42. The second-order valence-electron chi connectivity index (χ2n) is 9.79. The summed E-state index contributed by atoms with van der Waals surface area (Å²) in [5.74, 6) is 1.98. The van der Waals surface area contributed by atoms with E-state index in [4.69, 9.17) is 9.47 Å². The van der Waals surface area contributed by atoms with Crippen LogP contribution in [-0.4, -0.2) is 83.8 Å². The maximum Gasteiger partial charge on any atom is 0.320 e. The van der Waals surface area contributed by atoms with E-state index in [0.717, 1.165) is 78.1 Å². The van der Waals surface area contributed by atoms with Crippen molar-refractivity contribution in [2.75, 3.05) is 57.9 Å². The molecule has 2 amide bonds.